The number of carbonyl (C=O) groups is 1. The monoisotopic (exact) mass is 419 g/mol. The van der Waals surface area contributed by atoms with E-state index in [9.17, 15) is 4.79 Å². The average molecular weight is 420 g/mol. The molecule has 1 N–H and O–H groups in total. The standard InChI is InChI=1S/C15H12Cl2INO/c16-11-3-1-10(2-4-11)7-8-19-15(20)13-9-12(17)5-6-14(13)18/h1-6,9H,7-8H2,(H,19,20). The minimum absolute atomic E-state index is 0.106. The van der Waals surface area contributed by atoms with Crippen LogP contribution in [0.5, 0.6) is 0 Å². The van der Waals surface area contributed by atoms with Crippen molar-refractivity contribution in [2.45, 2.75) is 6.42 Å². The second-order valence-corrected chi connectivity index (χ2v) is 6.29. The third-order valence-electron chi connectivity index (χ3n) is 2.79. The molecule has 5 heteroatoms. The van der Waals surface area contributed by atoms with Crippen molar-refractivity contribution in [3.8, 4) is 0 Å². The Morgan fingerprint density at radius 3 is 2.40 bits per heavy atom. The third kappa shape index (κ3) is 4.36. The maximum atomic E-state index is 12.1. The largest absolute Gasteiger partial charge is 0.352 e. The molecule has 0 aliphatic heterocycles. The van der Waals surface area contributed by atoms with Crippen molar-refractivity contribution >= 4 is 51.7 Å². The summed E-state index contributed by atoms with van der Waals surface area (Å²) in [5, 5.41) is 4.17. The average Bonchev–Trinajstić information content (AvgIpc) is 2.43. The molecular formula is C15H12Cl2INO. The van der Waals surface area contributed by atoms with Gasteiger partial charge in [-0.15, -0.1) is 0 Å². The molecule has 104 valence electrons. The van der Waals surface area contributed by atoms with Crippen LogP contribution in [-0.4, -0.2) is 12.5 Å². The molecule has 1 amide bonds. The first-order valence-electron chi connectivity index (χ1n) is 6.04. The topological polar surface area (TPSA) is 29.1 Å². The van der Waals surface area contributed by atoms with E-state index in [0.29, 0.717) is 22.2 Å². The molecule has 2 aromatic rings. The summed E-state index contributed by atoms with van der Waals surface area (Å²) in [7, 11) is 0. The van der Waals surface area contributed by atoms with Gasteiger partial charge in [0.25, 0.3) is 5.91 Å². The highest BCUT2D eigenvalue weighted by atomic mass is 127. The van der Waals surface area contributed by atoms with Gasteiger partial charge in [0.15, 0.2) is 0 Å². The highest BCUT2D eigenvalue weighted by Crippen LogP contribution is 2.17. The lowest BCUT2D eigenvalue weighted by Gasteiger charge is -2.07. The van der Waals surface area contributed by atoms with Crippen molar-refractivity contribution in [3.63, 3.8) is 0 Å². The fourth-order valence-electron chi connectivity index (χ4n) is 1.74. The Morgan fingerprint density at radius 2 is 1.70 bits per heavy atom. The van der Waals surface area contributed by atoms with E-state index in [-0.39, 0.29) is 5.91 Å². The zero-order chi connectivity index (χ0) is 14.5. The quantitative estimate of drug-likeness (QED) is 0.722. The Labute approximate surface area is 141 Å². The van der Waals surface area contributed by atoms with Crippen molar-refractivity contribution in [1.29, 1.82) is 0 Å². The molecule has 0 unspecified atom stereocenters. The van der Waals surface area contributed by atoms with Crippen molar-refractivity contribution < 1.29 is 4.79 Å². The van der Waals surface area contributed by atoms with Crippen LogP contribution in [0.25, 0.3) is 0 Å². The van der Waals surface area contributed by atoms with Crippen LogP contribution in [0.15, 0.2) is 42.5 Å². The van der Waals surface area contributed by atoms with Gasteiger partial charge in [-0.05, 0) is 64.9 Å². The zero-order valence-corrected chi connectivity index (χ0v) is 14.2. The van der Waals surface area contributed by atoms with Crippen LogP contribution in [0.2, 0.25) is 10.0 Å². The lowest BCUT2D eigenvalue weighted by Crippen LogP contribution is -2.26. The van der Waals surface area contributed by atoms with Gasteiger partial charge in [-0.2, -0.15) is 0 Å². The number of amides is 1. The lowest BCUT2D eigenvalue weighted by atomic mass is 10.1. The molecule has 2 aromatic carbocycles. The smallest absolute Gasteiger partial charge is 0.252 e. The van der Waals surface area contributed by atoms with E-state index in [1.165, 1.54) is 0 Å². The Bertz CT molecular complexity index is 614. The summed E-state index contributed by atoms with van der Waals surface area (Å²) >= 11 is 13.9. The first-order valence-corrected chi connectivity index (χ1v) is 7.87. The van der Waals surface area contributed by atoms with E-state index in [1.54, 1.807) is 12.1 Å². The molecule has 0 saturated carbocycles. The molecule has 0 aromatic heterocycles. The van der Waals surface area contributed by atoms with Gasteiger partial charge in [-0.1, -0.05) is 35.3 Å². The molecule has 0 saturated heterocycles. The van der Waals surface area contributed by atoms with E-state index in [0.717, 1.165) is 15.6 Å². The summed E-state index contributed by atoms with van der Waals surface area (Å²) in [6.45, 7) is 0.572. The van der Waals surface area contributed by atoms with Crippen LogP contribution >= 0.6 is 45.8 Å². The molecule has 20 heavy (non-hydrogen) atoms. The fourth-order valence-corrected chi connectivity index (χ4v) is 2.62. The number of carbonyl (C=O) groups excluding carboxylic acids is 1. The molecule has 2 nitrogen and oxygen atoms in total. The first-order chi connectivity index (χ1) is 9.56. The molecular weight excluding hydrogens is 408 g/mol. The van der Waals surface area contributed by atoms with Gasteiger partial charge < -0.3 is 5.32 Å². The summed E-state index contributed by atoms with van der Waals surface area (Å²) in [6, 6.07) is 12.9. The molecule has 0 aliphatic rings. The Hall–Kier alpha value is -0.780. The zero-order valence-electron chi connectivity index (χ0n) is 10.5. The van der Waals surface area contributed by atoms with Crippen molar-refractivity contribution in [1.82, 2.24) is 5.32 Å². The van der Waals surface area contributed by atoms with Crippen molar-refractivity contribution in [2.75, 3.05) is 6.54 Å². The second kappa shape index (κ2) is 7.29. The third-order valence-corrected chi connectivity index (χ3v) is 4.21. The fraction of sp³-hybridized carbons (Fsp3) is 0.133. The van der Waals surface area contributed by atoms with Crippen LogP contribution in [0.1, 0.15) is 15.9 Å². The van der Waals surface area contributed by atoms with Crippen LogP contribution < -0.4 is 5.32 Å². The number of benzene rings is 2. The summed E-state index contributed by atoms with van der Waals surface area (Å²) < 4.78 is 0.885. The molecule has 0 atom stereocenters. The SMILES string of the molecule is O=C(NCCc1ccc(Cl)cc1)c1cc(Cl)ccc1I. The minimum atomic E-state index is -0.106. The van der Waals surface area contributed by atoms with E-state index in [4.69, 9.17) is 23.2 Å². The molecule has 0 heterocycles. The predicted molar refractivity (Wildman–Crippen MR) is 91.7 cm³/mol. The van der Waals surface area contributed by atoms with E-state index in [2.05, 4.69) is 27.9 Å². The van der Waals surface area contributed by atoms with E-state index >= 15 is 0 Å². The highest BCUT2D eigenvalue weighted by molar-refractivity contribution is 14.1. The van der Waals surface area contributed by atoms with Gasteiger partial charge in [0.05, 0.1) is 5.56 Å². The number of hydrogen-bond donors (Lipinski definition) is 1. The number of nitrogens with one attached hydrogen (secondary N) is 1. The van der Waals surface area contributed by atoms with E-state index in [1.807, 2.05) is 30.3 Å². The van der Waals surface area contributed by atoms with Crippen LogP contribution in [-0.2, 0) is 6.42 Å². The molecule has 0 radical (unpaired) electrons. The molecule has 0 fully saturated rings. The number of rotatable bonds is 4. The van der Waals surface area contributed by atoms with E-state index < -0.39 is 0 Å². The van der Waals surface area contributed by atoms with Crippen LogP contribution in [0, 0.1) is 3.57 Å². The first kappa shape index (κ1) is 15.6. The van der Waals surface area contributed by atoms with Gasteiger partial charge >= 0.3 is 0 Å². The van der Waals surface area contributed by atoms with Gasteiger partial charge in [-0.3, -0.25) is 4.79 Å². The van der Waals surface area contributed by atoms with Gasteiger partial charge in [0.2, 0.25) is 0 Å². The maximum Gasteiger partial charge on any atom is 0.252 e. The minimum Gasteiger partial charge on any atom is -0.352 e. The second-order valence-electron chi connectivity index (χ2n) is 4.26. The molecule has 0 aliphatic carbocycles. The summed E-state index contributed by atoms with van der Waals surface area (Å²) in [4.78, 5) is 12.1. The van der Waals surface area contributed by atoms with Crippen LogP contribution in [0.4, 0.5) is 0 Å². The summed E-state index contributed by atoms with van der Waals surface area (Å²) in [6.07, 6.45) is 0.764. The molecule has 0 spiro atoms. The predicted octanol–water partition coefficient (Wildman–Crippen LogP) is 4.57. The summed E-state index contributed by atoms with van der Waals surface area (Å²) in [5.74, 6) is -0.106. The maximum absolute atomic E-state index is 12.1. The van der Waals surface area contributed by atoms with Gasteiger partial charge in [-0.25, -0.2) is 0 Å². The van der Waals surface area contributed by atoms with Crippen molar-refractivity contribution in [3.05, 3.63) is 67.2 Å². The molecule has 2 rings (SSSR count). The molecule has 0 bridgehead atoms. The Morgan fingerprint density at radius 1 is 1.05 bits per heavy atom. The summed E-state index contributed by atoms with van der Waals surface area (Å²) in [5.41, 5.74) is 1.74. The number of hydrogen-bond acceptors (Lipinski definition) is 1. The van der Waals surface area contributed by atoms with Crippen molar-refractivity contribution in [2.24, 2.45) is 0 Å². The lowest BCUT2D eigenvalue weighted by molar-refractivity contribution is 0.0953. The Balaban J connectivity index is 1.92. The highest BCUT2D eigenvalue weighted by Gasteiger charge is 2.09. The Kier molecular flexibility index (Phi) is 5.69. The number of halogens is 3. The normalized spacial score (nSPS) is 10.3. The van der Waals surface area contributed by atoms with Gasteiger partial charge in [0, 0.05) is 20.2 Å². The van der Waals surface area contributed by atoms with Gasteiger partial charge in [0.1, 0.15) is 0 Å². The van der Waals surface area contributed by atoms with Crippen LogP contribution in [0.3, 0.4) is 0 Å².